The molecule has 0 fully saturated rings. The molecule has 2 rings (SSSR count). The molecule has 1 atom stereocenters. The van der Waals surface area contributed by atoms with Gasteiger partial charge in [0.15, 0.2) is 0 Å². The highest BCUT2D eigenvalue weighted by atomic mass is 35.5. The fraction of sp³-hybridized carbons (Fsp3) is 0.222. The van der Waals surface area contributed by atoms with E-state index in [1.807, 2.05) is 0 Å². The predicted octanol–water partition coefficient (Wildman–Crippen LogP) is 2.18. The first kappa shape index (κ1) is 9.43. The van der Waals surface area contributed by atoms with Gasteiger partial charge in [-0.3, -0.25) is 4.40 Å². The van der Waals surface area contributed by atoms with Gasteiger partial charge in [0, 0.05) is 6.20 Å². The topological polar surface area (TPSA) is 37.5 Å². The van der Waals surface area contributed by atoms with Gasteiger partial charge in [-0.15, -0.1) is 0 Å². The summed E-state index contributed by atoms with van der Waals surface area (Å²) in [5.41, 5.74) is 0.879. The van der Waals surface area contributed by atoms with Crippen molar-refractivity contribution in [3.63, 3.8) is 0 Å². The smallest absolute Gasteiger partial charge is 0.139 e. The summed E-state index contributed by atoms with van der Waals surface area (Å²) >= 11 is 5.90. The molecular weight excluding hydrogens is 207 g/mol. The van der Waals surface area contributed by atoms with Crippen LogP contribution in [0.25, 0.3) is 5.65 Å². The van der Waals surface area contributed by atoms with E-state index in [2.05, 4.69) is 4.98 Å². The molecule has 0 spiro atoms. The van der Waals surface area contributed by atoms with Crippen molar-refractivity contribution in [2.45, 2.75) is 13.0 Å². The molecule has 0 saturated carbocycles. The van der Waals surface area contributed by atoms with E-state index in [1.165, 1.54) is 22.7 Å². The summed E-state index contributed by atoms with van der Waals surface area (Å²) in [6, 6.07) is 2.80. The Balaban J connectivity index is 2.74. The fourth-order valence-electron chi connectivity index (χ4n) is 1.27. The lowest BCUT2D eigenvalue weighted by atomic mass is 10.3. The summed E-state index contributed by atoms with van der Waals surface area (Å²) in [7, 11) is 0. The number of aliphatic hydroxyl groups is 1. The Morgan fingerprint density at radius 2 is 2.29 bits per heavy atom. The molecule has 0 amide bonds. The molecular formula is C9H8ClFN2O. The molecule has 74 valence electrons. The van der Waals surface area contributed by atoms with Crippen LogP contribution >= 0.6 is 11.6 Å². The van der Waals surface area contributed by atoms with E-state index in [0.29, 0.717) is 11.3 Å². The molecule has 1 N–H and O–H groups in total. The molecule has 0 aliphatic heterocycles. The van der Waals surface area contributed by atoms with Crippen molar-refractivity contribution in [1.82, 2.24) is 9.38 Å². The molecule has 0 saturated heterocycles. The van der Waals surface area contributed by atoms with E-state index >= 15 is 0 Å². The molecule has 0 aliphatic rings. The van der Waals surface area contributed by atoms with Gasteiger partial charge in [-0.05, 0) is 19.1 Å². The number of aliphatic hydroxyl groups excluding tert-OH is 1. The van der Waals surface area contributed by atoms with E-state index in [9.17, 15) is 9.50 Å². The lowest BCUT2D eigenvalue weighted by Crippen LogP contribution is -1.91. The van der Waals surface area contributed by atoms with Crippen LogP contribution in [-0.2, 0) is 0 Å². The minimum absolute atomic E-state index is 0.245. The molecule has 14 heavy (non-hydrogen) atoms. The summed E-state index contributed by atoms with van der Waals surface area (Å²) in [6.45, 7) is 1.56. The molecule has 1 unspecified atom stereocenters. The Bertz CT molecular complexity index is 481. The van der Waals surface area contributed by atoms with Crippen LogP contribution in [0.4, 0.5) is 4.39 Å². The van der Waals surface area contributed by atoms with Gasteiger partial charge < -0.3 is 5.11 Å². The van der Waals surface area contributed by atoms with Gasteiger partial charge in [0.25, 0.3) is 0 Å². The Morgan fingerprint density at radius 3 is 2.93 bits per heavy atom. The standard InChI is InChI=1S/C9H8ClFN2O/c1-5(14)8-9(10)13-4-6(11)2-3-7(13)12-8/h2-5,14H,1H3. The minimum atomic E-state index is -0.759. The lowest BCUT2D eigenvalue weighted by Gasteiger charge is -1.98. The Morgan fingerprint density at radius 1 is 1.57 bits per heavy atom. The maximum atomic E-state index is 12.9. The van der Waals surface area contributed by atoms with Gasteiger partial charge in [0.05, 0.1) is 6.10 Å². The number of hydrogen-bond acceptors (Lipinski definition) is 2. The van der Waals surface area contributed by atoms with Crippen LogP contribution in [0, 0.1) is 5.82 Å². The van der Waals surface area contributed by atoms with E-state index in [-0.39, 0.29) is 5.15 Å². The average molecular weight is 215 g/mol. The van der Waals surface area contributed by atoms with E-state index < -0.39 is 11.9 Å². The molecule has 2 aromatic heterocycles. The number of halogens is 2. The quantitative estimate of drug-likeness (QED) is 0.790. The van der Waals surface area contributed by atoms with Crippen molar-refractivity contribution in [3.8, 4) is 0 Å². The second-order valence-corrected chi connectivity index (χ2v) is 3.40. The number of pyridine rings is 1. The van der Waals surface area contributed by atoms with Crippen molar-refractivity contribution in [3.05, 3.63) is 35.0 Å². The third kappa shape index (κ3) is 1.36. The van der Waals surface area contributed by atoms with E-state index in [1.54, 1.807) is 6.92 Å². The van der Waals surface area contributed by atoms with Gasteiger partial charge in [0.1, 0.15) is 22.3 Å². The SMILES string of the molecule is CC(O)c1nc2ccc(F)cn2c1Cl. The molecule has 0 aromatic carbocycles. The maximum absolute atomic E-state index is 12.9. The number of hydrogen-bond donors (Lipinski definition) is 1. The average Bonchev–Trinajstić information content (AvgIpc) is 2.44. The van der Waals surface area contributed by atoms with Gasteiger partial charge >= 0.3 is 0 Å². The predicted molar refractivity (Wildman–Crippen MR) is 50.8 cm³/mol. The third-order valence-electron chi connectivity index (χ3n) is 1.94. The van der Waals surface area contributed by atoms with E-state index in [0.717, 1.165) is 0 Å². The summed E-state index contributed by atoms with van der Waals surface area (Å²) in [5.74, 6) is -0.394. The van der Waals surface area contributed by atoms with Crippen molar-refractivity contribution < 1.29 is 9.50 Å². The van der Waals surface area contributed by atoms with Crippen LogP contribution < -0.4 is 0 Å². The first-order valence-electron chi connectivity index (χ1n) is 4.10. The van der Waals surface area contributed by atoms with Gasteiger partial charge in [-0.25, -0.2) is 9.37 Å². The number of fused-ring (bicyclic) bond motifs is 1. The Labute approximate surface area is 84.8 Å². The Hall–Kier alpha value is -1.13. The van der Waals surface area contributed by atoms with Gasteiger partial charge in [-0.2, -0.15) is 0 Å². The van der Waals surface area contributed by atoms with Crippen LogP contribution in [0.2, 0.25) is 5.15 Å². The highest BCUT2D eigenvalue weighted by Gasteiger charge is 2.14. The Kier molecular flexibility index (Phi) is 2.17. The van der Waals surface area contributed by atoms with Crippen molar-refractivity contribution >= 4 is 17.2 Å². The normalized spacial score (nSPS) is 13.4. The van der Waals surface area contributed by atoms with Crippen LogP contribution in [0.3, 0.4) is 0 Å². The fourth-order valence-corrected chi connectivity index (χ4v) is 1.61. The highest BCUT2D eigenvalue weighted by Crippen LogP contribution is 2.23. The number of rotatable bonds is 1. The number of nitrogens with zero attached hydrogens (tertiary/aromatic N) is 2. The molecule has 3 nitrogen and oxygen atoms in total. The monoisotopic (exact) mass is 214 g/mol. The largest absolute Gasteiger partial charge is 0.387 e. The second kappa shape index (κ2) is 3.22. The van der Waals surface area contributed by atoms with Gasteiger partial charge in [0.2, 0.25) is 0 Å². The second-order valence-electron chi connectivity index (χ2n) is 3.04. The van der Waals surface area contributed by atoms with E-state index in [4.69, 9.17) is 11.6 Å². The zero-order chi connectivity index (χ0) is 10.3. The molecule has 5 heteroatoms. The van der Waals surface area contributed by atoms with Crippen LogP contribution in [0.1, 0.15) is 18.7 Å². The lowest BCUT2D eigenvalue weighted by molar-refractivity contribution is 0.195. The summed E-state index contributed by atoms with van der Waals surface area (Å²) in [6.07, 6.45) is 0.474. The van der Waals surface area contributed by atoms with Gasteiger partial charge in [-0.1, -0.05) is 11.6 Å². The van der Waals surface area contributed by atoms with Crippen molar-refractivity contribution in [2.24, 2.45) is 0 Å². The third-order valence-corrected chi connectivity index (χ3v) is 2.32. The van der Waals surface area contributed by atoms with Crippen LogP contribution in [0.5, 0.6) is 0 Å². The first-order valence-corrected chi connectivity index (χ1v) is 4.48. The molecule has 0 aliphatic carbocycles. The number of imidazole rings is 1. The van der Waals surface area contributed by atoms with Crippen LogP contribution in [0.15, 0.2) is 18.3 Å². The summed E-state index contributed by atoms with van der Waals surface area (Å²) in [4.78, 5) is 4.07. The highest BCUT2D eigenvalue weighted by molar-refractivity contribution is 6.30. The van der Waals surface area contributed by atoms with Crippen LogP contribution in [-0.4, -0.2) is 14.5 Å². The molecule has 2 heterocycles. The van der Waals surface area contributed by atoms with Crippen molar-refractivity contribution in [1.29, 1.82) is 0 Å². The molecule has 0 radical (unpaired) electrons. The zero-order valence-electron chi connectivity index (χ0n) is 7.41. The summed E-state index contributed by atoms with van der Waals surface area (Å²) < 4.78 is 14.3. The summed E-state index contributed by atoms with van der Waals surface area (Å²) in [5, 5.41) is 9.57. The maximum Gasteiger partial charge on any atom is 0.139 e. The van der Waals surface area contributed by atoms with Crippen molar-refractivity contribution in [2.75, 3.05) is 0 Å². The zero-order valence-corrected chi connectivity index (χ0v) is 8.16. The molecule has 0 bridgehead atoms. The number of aromatic nitrogens is 2. The minimum Gasteiger partial charge on any atom is -0.387 e. The molecule has 2 aromatic rings. The first-order chi connectivity index (χ1) is 6.59.